The molecular weight excluding hydrogens is 499 g/mol. The van der Waals surface area contributed by atoms with Crippen molar-refractivity contribution in [2.75, 3.05) is 13.1 Å². The summed E-state index contributed by atoms with van der Waals surface area (Å²) in [5.74, 6) is -0.336. The van der Waals surface area contributed by atoms with E-state index in [1.807, 2.05) is 12.1 Å². The molecule has 0 bridgehead atoms. The second-order valence-corrected chi connectivity index (χ2v) is 10.7. The predicted molar refractivity (Wildman–Crippen MR) is 119 cm³/mol. The number of piperidine rings is 1. The van der Waals surface area contributed by atoms with Crippen LogP contribution in [0.25, 0.3) is 0 Å². The van der Waals surface area contributed by atoms with Gasteiger partial charge in [-0.05, 0) is 48.2 Å². The summed E-state index contributed by atoms with van der Waals surface area (Å²) in [7, 11) is -3.42. The number of hydrogen-bond donors (Lipinski definition) is 1. The van der Waals surface area contributed by atoms with E-state index >= 15 is 0 Å². The molecule has 0 unspecified atom stereocenters. The lowest BCUT2D eigenvalue weighted by Crippen LogP contribution is -2.43. The van der Waals surface area contributed by atoms with E-state index < -0.39 is 10.0 Å². The number of benzene rings is 2. The van der Waals surface area contributed by atoms with Crippen LogP contribution in [0, 0.1) is 5.92 Å². The van der Waals surface area contributed by atoms with Gasteiger partial charge >= 0.3 is 0 Å². The number of hydrogen-bond acceptors (Lipinski definition) is 3. The minimum absolute atomic E-state index is 0.0433. The molecule has 0 radical (unpaired) electrons. The minimum Gasteiger partial charge on any atom is -0.352 e. The zero-order valence-corrected chi connectivity index (χ0v) is 19.5. The van der Waals surface area contributed by atoms with E-state index in [9.17, 15) is 13.2 Å². The van der Waals surface area contributed by atoms with Gasteiger partial charge in [-0.1, -0.05) is 57.3 Å². The molecule has 5 nitrogen and oxygen atoms in total. The molecule has 1 aliphatic rings. The van der Waals surface area contributed by atoms with Crippen molar-refractivity contribution in [3.8, 4) is 0 Å². The molecule has 1 amide bonds. The second kappa shape index (κ2) is 9.79. The zero-order valence-electron chi connectivity index (χ0n) is 15.6. The van der Waals surface area contributed by atoms with E-state index in [1.165, 1.54) is 4.31 Å². The number of sulfonamides is 1. The third-order valence-corrected chi connectivity index (χ3v) is 7.85. The summed E-state index contributed by atoms with van der Waals surface area (Å²) in [6.07, 6.45) is 0.996. The van der Waals surface area contributed by atoms with Crippen LogP contribution in [0.4, 0.5) is 0 Å². The Morgan fingerprint density at radius 3 is 2.52 bits per heavy atom. The highest BCUT2D eigenvalue weighted by Gasteiger charge is 2.31. The summed E-state index contributed by atoms with van der Waals surface area (Å²) < 4.78 is 27.7. The molecule has 2 aromatic carbocycles. The Hall–Kier alpha value is -1.12. The molecule has 9 heteroatoms. The van der Waals surface area contributed by atoms with Crippen molar-refractivity contribution >= 4 is 55.1 Å². The van der Waals surface area contributed by atoms with Gasteiger partial charge in [-0.3, -0.25) is 4.79 Å². The molecule has 1 aliphatic heterocycles. The van der Waals surface area contributed by atoms with Crippen molar-refractivity contribution in [3.63, 3.8) is 0 Å². The van der Waals surface area contributed by atoms with Crippen LogP contribution in [-0.4, -0.2) is 31.7 Å². The minimum atomic E-state index is -3.42. The van der Waals surface area contributed by atoms with E-state index in [-0.39, 0.29) is 17.6 Å². The molecule has 1 saturated heterocycles. The molecule has 0 aliphatic carbocycles. The Balaban J connectivity index is 1.52. The largest absolute Gasteiger partial charge is 0.352 e. The molecule has 2 aromatic rings. The number of carbonyl (C=O) groups excluding carboxylic acids is 1. The van der Waals surface area contributed by atoms with Gasteiger partial charge in [0.25, 0.3) is 0 Å². The highest BCUT2D eigenvalue weighted by atomic mass is 79.9. The Morgan fingerprint density at radius 2 is 1.86 bits per heavy atom. The lowest BCUT2D eigenvalue weighted by molar-refractivity contribution is -0.126. The predicted octanol–water partition coefficient (Wildman–Crippen LogP) is 4.61. The van der Waals surface area contributed by atoms with Crippen LogP contribution in [0.15, 0.2) is 46.9 Å². The maximum atomic E-state index is 12.7. The van der Waals surface area contributed by atoms with E-state index in [4.69, 9.17) is 23.2 Å². The summed E-state index contributed by atoms with van der Waals surface area (Å²) in [6.45, 7) is 1.00. The fourth-order valence-electron chi connectivity index (χ4n) is 3.32. The average molecular weight is 520 g/mol. The summed E-state index contributed by atoms with van der Waals surface area (Å²) >= 11 is 15.4. The van der Waals surface area contributed by atoms with Gasteiger partial charge in [0.2, 0.25) is 15.9 Å². The average Bonchev–Trinajstić information content (AvgIpc) is 2.67. The van der Waals surface area contributed by atoms with Crippen molar-refractivity contribution in [2.45, 2.75) is 25.1 Å². The molecule has 156 valence electrons. The van der Waals surface area contributed by atoms with Gasteiger partial charge in [0.05, 0.1) is 5.75 Å². The zero-order chi connectivity index (χ0) is 21.0. The quantitative estimate of drug-likeness (QED) is 0.605. The van der Waals surface area contributed by atoms with Crippen molar-refractivity contribution in [3.05, 3.63) is 68.1 Å². The van der Waals surface area contributed by atoms with Gasteiger partial charge in [0.1, 0.15) is 0 Å². The third kappa shape index (κ3) is 6.18. The van der Waals surface area contributed by atoms with Crippen molar-refractivity contribution in [1.29, 1.82) is 0 Å². The first-order chi connectivity index (χ1) is 13.7. The van der Waals surface area contributed by atoms with Crippen LogP contribution in [0.1, 0.15) is 24.0 Å². The second-order valence-electron chi connectivity index (χ2n) is 7.01. The molecule has 29 heavy (non-hydrogen) atoms. The molecule has 0 atom stereocenters. The number of amides is 1. The molecule has 1 heterocycles. The van der Waals surface area contributed by atoms with Gasteiger partial charge < -0.3 is 5.32 Å². The van der Waals surface area contributed by atoms with Gasteiger partial charge in [0.15, 0.2) is 0 Å². The Bertz CT molecular complexity index is 993. The van der Waals surface area contributed by atoms with Crippen molar-refractivity contribution in [1.82, 2.24) is 9.62 Å². The van der Waals surface area contributed by atoms with Crippen LogP contribution in [-0.2, 0) is 27.1 Å². The molecule has 1 N–H and O–H groups in total. The number of nitrogens with one attached hydrogen (secondary N) is 1. The maximum Gasteiger partial charge on any atom is 0.223 e. The van der Waals surface area contributed by atoms with Gasteiger partial charge in [-0.25, -0.2) is 12.7 Å². The fourth-order valence-corrected chi connectivity index (χ4v) is 5.79. The normalized spacial score (nSPS) is 16.0. The van der Waals surface area contributed by atoms with Gasteiger partial charge in [-0.2, -0.15) is 0 Å². The van der Waals surface area contributed by atoms with Crippen LogP contribution in [0.2, 0.25) is 10.0 Å². The molecule has 0 saturated carbocycles. The number of rotatable bonds is 6. The summed E-state index contributed by atoms with van der Waals surface area (Å²) in [4.78, 5) is 12.5. The van der Waals surface area contributed by atoms with E-state index in [1.54, 1.807) is 30.3 Å². The standard InChI is InChI=1S/C20H21BrCl2N2O3S/c21-17-3-1-2-14(10-17)13-29(27,28)25-8-6-15(7-9-25)20(26)24-12-16-4-5-18(22)11-19(16)23/h1-5,10-11,15H,6-9,12-13H2,(H,24,26). The van der Waals surface area contributed by atoms with Crippen LogP contribution >= 0.6 is 39.1 Å². The van der Waals surface area contributed by atoms with Crippen molar-refractivity contribution < 1.29 is 13.2 Å². The van der Waals surface area contributed by atoms with Gasteiger partial charge in [0, 0.05) is 40.1 Å². The fraction of sp³-hybridized carbons (Fsp3) is 0.350. The molecule has 3 rings (SSSR count). The number of halogens is 3. The summed E-state index contributed by atoms with van der Waals surface area (Å²) in [6, 6.07) is 12.4. The molecule has 0 aromatic heterocycles. The Morgan fingerprint density at radius 1 is 1.14 bits per heavy atom. The highest BCUT2D eigenvalue weighted by molar-refractivity contribution is 9.10. The Labute approximate surface area is 189 Å². The van der Waals surface area contributed by atoms with E-state index in [0.717, 1.165) is 15.6 Å². The first-order valence-electron chi connectivity index (χ1n) is 9.18. The van der Waals surface area contributed by atoms with Crippen molar-refractivity contribution in [2.24, 2.45) is 5.92 Å². The number of nitrogens with zero attached hydrogens (tertiary/aromatic N) is 1. The molecule has 0 spiro atoms. The summed E-state index contributed by atoms with van der Waals surface area (Å²) in [5.41, 5.74) is 1.53. The lowest BCUT2D eigenvalue weighted by Gasteiger charge is -2.30. The SMILES string of the molecule is O=C(NCc1ccc(Cl)cc1Cl)C1CCN(S(=O)(=O)Cc2cccc(Br)c2)CC1. The Kier molecular flexibility index (Phi) is 7.62. The van der Waals surface area contributed by atoms with Gasteiger partial charge in [-0.15, -0.1) is 0 Å². The van der Waals surface area contributed by atoms with Crippen LogP contribution < -0.4 is 5.32 Å². The third-order valence-electron chi connectivity index (χ3n) is 4.92. The van der Waals surface area contributed by atoms with E-state index in [2.05, 4.69) is 21.2 Å². The number of carbonyl (C=O) groups is 1. The van der Waals surface area contributed by atoms with Crippen LogP contribution in [0.3, 0.4) is 0 Å². The maximum absolute atomic E-state index is 12.7. The summed E-state index contributed by atoms with van der Waals surface area (Å²) in [5, 5.41) is 3.94. The highest BCUT2D eigenvalue weighted by Crippen LogP contribution is 2.24. The monoisotopic (exact) mass is 518 g/mol. The van der Waals surface area contributed by atoms with E-state index in [0.29, 0.717) is 42.5 Å². The smallest absolute Gasteiger partial charge is 0.223 e. The lowest BCUT2D eigenvalue weighted by atomic mass is 9.97. The molecule has 1 fully saturated rings. The first kappa shape index (κ1) is 22.6. The van der Waals surface area contributed by atoms with Crippen LogP contribution in [0.5, 0.6) is 0 Å². The first-order valence-corrected chi connectivity index (χ1v) is 12.3. The topological polar surface area (TPSA) is 66.5 Å². The molecular formula is C20H21BrCl2N2O3S.